The first-order chi connectivity index (χ1) is 6.63. The number of nitrogen functional groups attached to an aromatic ring is 1. The summed E-state index contributed by atoms with van der Waals surface area (Å²) in [5.41, 5.74) is 10.7. The number of anilines is 1. The Hall–Kier alpha value is -1.78. The second kappa shape index (κ2) is 5.80. The Balaban J connectivity index is 0.000000791. The van der Waals surface area contributed by atoms with Crippen LogP contribution in [-0.2, 0) is 0 Å². The number of nitrogens with two attached hydrogens (primary N) is 2. The highest BCUT2D eigenvalue weighted by molar-refractivity contribution is 5.93. The van der Waals surface area contributed by atoms with E-state index < -0.39 is 5.91 Å². The molecule has 1 aromatic heterocycles. The summed E-state index contributed by atoms with van der Waals surface area (Å²) in [6.07, 6.45) is 0. The topological polar surface area (TPSA) is 91.2 Å². The van der Waals surface area contributed by atoms with E-state index in [9.17, 15) is 4.79 Å². The molecule has 0 atom stereocenters. The Kier molecular flexibility index (Phi) is 5.06. The van der Waals surface area contributed by atoms with Crippen LogP contribution >= 0.6 is 0 Å². The number of hydrogen-bond donors (Lipinski definition) is 2. The minimum atomic E-state index is -0.553. The summed E-state index contributed by atoms with van der Waals surface area (Å²) in [5, 5.41) is 0. The quantitative estimate of drug-likeness (QED) is 0.733. The van der Waals surface area contributed by atoms with Crippen LogP contribution in [0.4, 0.5) is 5.82 Å². The minimum absolute atomic E-state index is 0.211. The first-order valence-electron chi connectivity index (χ1n) is 4.25. The smallest absolute Gasteiger partial charge is 0.249 e. The molecule has 5 nitrogen and oxygen atoms in total. The molecule has 0 aromatic carbocycles. The lowest BCUT2D eigenvalue weighted by Gasteiger charge is -2.01. The van der Waals surface area contributed by atoms with Gasteiger partial charge in [0.05, 0.1) is 7.11 Å². The van der Waals surface area contributed by atoms with Gasteiger partial charge in [-0.15, -0.1) is 0 Å². The van der Waals surface area contributed by atoms with Crippen LogP contribution in [0.5, 0.6) is 5.88 Å². The van der Waals surface area contributed by atoms with Crippen LogP contribution in [0.15, 0.2) is 12.1 Å². The lowest BCUT2D eigenvalue weighted by molar-refractivity contribution is 0.1000. The lowest BCUT2D eigenvalue weighted by Crippen LogP contribution is -2.12. The number of nitrogens with zero attached hydrogens (tertiary/aromatic N) is 1. The number of amides is 1. The van der Waals surface area contributed by atoms with Crippen molar-refractivity contribution in [3.8, 4) is 5.88 Å². The Morgan fingerprint density at radius 3 is 2.43 bits per heavy atom. The van der Waals surface area contributed by atoms with Gasteiger partial charge in [-0.05, 0) is 6.07 Å². The van der Waals surface area contributed by atoms with E-state index in [1.807, 2.05) is 13.8 Å². The zero-order chi connectivity index (χ0) is 11.1. The van der Waals surface area contributed by atoms with Gasteiger partial charge in [0.25, 0.3) is 0 Å². The van der Waals surface area contributed by atoms with Crippen molar-refractivity contribution >= 4 is 11.7 Å². The van der Waals surface area contributed by atoms with Crippen LogP contribution in [0.25, 0.3) is 0 Å². The number of primary amides is 1. The van der Waals surface area contributed by atoms with Gasteiger partial charge in [0.2, 0.25) is 11.8 Å². The van der Waals surface area contributed by atoms with E-state index in [2.05, 4.69) is 4.98 Å². The minimum Gasteiger partial charge on any atom is -0.481 e. The van der Waals surface area contributed by atoms with E-state index in [1.165, 1.54) is 19.2 Å². The van der Waals surface area contributed by atoms with Crippen molar-refractivity contribution in [2.45, 2.75) is 13.8 Å². The van der Waals surface area contributed by atoms with Crippen LogP contribution in [-0.4, -0.2) is 18.0 Å². The van der Waals surface area contributed by atoms with E-state index in [4.69, 9.17) is 16.2 Å². The van der Waals surface area contributed by atoms with Gasteiger partial charge in [-0.25, -0.2) is 0 Å². The third kappa shape index (κ3) is 3.30. The molecule has 78 valence electrons. The lowest BCUT2D eigenvalue weighted by atomic mass is 10.2. The van der Waals surface area contributed by atoms with E-state index in [-0.39, 0.29) is 11.7 Å². The number of carbonyl (C=O) groups is 1. The predicted molar refractivity (Wildman–Crippen MR) is 55.1 cm³/mol. The Morgan fingerprint density at radius 2 is 2.00 bits per heavy atom. The molecule has 0 aliphatic heterocycles. The summed E-state index contributed by atoms with van der Waals surface area (Å²) in [6, 6.07) is 2.82. The van der Waals surface area contributed by atoms with Crippen molar-refractivity contribution in [1.29, 1.82) is 0 Å². The van der Waals surface area contributed by atoms with Gasteiger partial charge >= 0.3 is 0 Å². The summed E-state index contributed by atoms with van der Waals surface area (Å²) >= 11 is 0. The van der Waals surface area contributed by atoms with Gasteiger partial charge in [0.15, 0.2) is 0 Å². The van der Waals surface area contributed by atoms with Gasteiger partial charge in [0, 0.05) is 11.6 Å². The Labute approximate surface area is 83.1 Å². The van der Waals surface area contributed by atoms with Gasteiger partial charge < -0.3 is 16.2 Å². The molecule has 0 aliphatic rings. The van der Waals surface area contributed by atoms with Crippen LogP contribution in [0.3, 0.4) is 0 Å². The Bertz CT molecular complexity index is 313. The maximum absolute atomic E-state index is 10.7. The average molecular weight is 197 g/mol. The first-order valence-corrected chi connectivity index (χ1v) is 4.25. The molecule has 0 fully saturated rings. The summed E-state index contributed by atoms with van der Waals surface area (Å²) < 4.78 is 4.79. The summed E-state index contributed by atoms with van der Waals surface area (Å²) in [7, 11) is 1.44. The molecule has 14 heavy (non-hydrogen) atoms. The fourth-order valence-electron chi connectivity index (χ4n) is 0.773. The number of pyridine rings is 1. The number of aromatic nitrogens is 1. The summed E-state index contributed by atoms with van der Waals surface area (Å²) in [5.74, 6) is -0.0608. The highest BCUT2D eigenvalue weighted by atomic mass is 16.5. The SMILES string of the molecule is CC.COc1cc(C(N)=O)cc(N)n1. The largest absolute Gasteiger partial charge is 0.481 e. The molecule has 0 saturated carbocycles. The third-order valence-electron chi connectivity index (χ3n) is 1.32. The summed E-state index contributed by atoms with van der Waals surface area (Å²) in [6.45, 7) is 4.00. The van der Waals surface area contributed by atoms with Crippen molar-refractivity contribution in [3.05, 3.63) is 17.7 Å². The standard InChI is InChI=1S/C7H9N3O2.C2H6/c1-12-6-3-4(7(9)11)2-5(8)10-6;1-2/h2-3H,1H3,(H2,8,10)(H2,9,11);1-2H3. The predicted octanol–water partition coefficient (Wildman–Crippen LogP) is 0.798. The first kappa shape index (κ1) is 12.2. The number of ether oxygens (including phenoxy) is 1. The Morgan fingerprint density at radius 1 is 1.43 bits per heavy atom. The second-order valence-electron chi connectivity index (χ2n) is 2.19. The maximum Gasteiger partial charge on any atom is 0.249 e. The highest BCUT2D eigenvalue weighted by Gasteiger charge is 2.04. The molecule has 0 spiro atoms. The van der Waals surface area contributed by atoms with E-state index in [1.54, 1.807) is 0 Å². The zero-order valence-corrected chi connectivity index (χ0v) is 8.57. The molecular weight excluding hydrogens is 182 g/mol. The second-order valence-corrected chi connectivity index (χ2v) is 2.19. The van der Waals surface area contributed by atoms with Crippen molar-refractivity contribution in [3.63, 3.8) is 0 Å². The molecule has 1 rings (SSSR count). The third-order valence-corrected chi connectivity index (χ3v) is 1.32. The van der Waals surface area contributed by atoms with Gasteiger partial charge in [-0.3, -0.25) is 4.79 Å². The molecule has 0 saturated heterocycles. The number of hydrogen-bond acceptors (Lipinski definition) is 4. The molecule has 0 radical (unpaired) electrons. The normalized spacial score (nSPS) is 8.50. The van der Waals surface area contributed by atoms with Gasteiger partial charge in [-0.2, -0.15) is 4.98 Å². The fourth-order valence-corrected chi connectivity index (χ4v) is 0.773. The molecule has 1 aromatic rings. The van der Waals surface area contributed by atoms with Crippen LogP contribution in [0.1, 0.15) is 24.2 Å². The van der Waals surface area contributed by atoms with Gasteiger partial charge in [-0.1, -0.05) is 13.8 Å². The van der Waals surface area contributed by atoms with Crippen molar-refractivity contribution in [1.82, 2.24) is 4.98 Å². The molecule has 0 bridgehead atoms. The van der Waals surface area contributed by atoms with Crippen molar-refractivity contribution < 1.29 is 9.53 Å². The van der Waals surface area contributed by atoms with Crippen LogP contribution in [0, 0.1) is 0 Å². The zero-order valence-electron chi connectivity index (χ0n) is 8.57. The number of rotatable bonds is 2. The molecule has 0 unspecified atom stereocenters. The highest BCUT2D eigenvalue weighted by Crippen LogP contribution is 2.12. The molecule has 1 heterocycles. The van der Waals surface area contributed by atoms with E-state index in [0.717, 1.165) is 0 Å². The molecule has 1 amide bonds. The van der Waals surface area contributed by atoms with Crippen molar-refractivity contribution in [2.24, 2.45) is 5.73 Å². The van der Waals surface area contributed by atoms with E-state index >= 15 is 0 Å². The maximum atomic E-state index is 10.7. The van der Waals surface area contributed by atoms with E-state index in [0.29, 0.717) is 5.56 Å². The molecule has 5 heteroatoms. The monoisotopic (exact) mass is 197 g/mol. The molecule has 4 N–H and O–H groups in total. The summed E-state index contributed by atoms with van der Waals surface area (Å²) in [4.78, 5) is 14.5. The fraction of sp³-hybridized carbons (Fsp3) is 0.333. The van der Waals surface area contributed by atoms with Gasteiger partial charge in [0.1, 0.15) is 5.82 Å². The average Bonchev–Trinajstić information content (AvgIpc) is 2.20. The van der Waals surface area contributed by atoms with Crippen molar-refractivity contribution in [2.75, 3.05) is 12.8 Å². The van der Waals surface area contributed by atoms with Crippen LogP contribution in [0.2, 0.25) is 0 Å². The molecule has 0 aliphatic carbocycles. The molecular formula is C9H15N3O2. The number of carbonyl (C=O) groups excluding carboxylic acids is 1. The van der Waals surface area contributed by atoms with Crippen LogP contribution < -0.4 is 16.2 Å². The number of methoxy groups -OCH3 is 1.